The minimum absolute atomic E-state index is 0.0105. The summed E-state index contributed by atoms with van der Waals surface area (Å²) < 4.78 is 11.4. The van der Waals surface area contributed by atoms with Gasteiger partial charge in [-0.3, -0.25) is 9.78 Å². The maximum absolute atomic E-state index is 12.6. The molecule has 1 aliphatic rings. The summed E-state index contributed by atoms with van der Waals surface area (Å²) in [6, 6.07) is 7.27. The van der Waals surface area contributed by atoms with Crippen LogP contribution in [0.2, 0.25) is 0 Å². The molecule has 1 aliphatic heterocycles. The number of carbonyl (C=O) groups is 1. The maximum atomic E-state index is 12.6. The lowest BCUT2D eigenvalue weighted by molar-refractivity contribution is 0.0771. The van der Waals surface area contributed by atoms with Gasteiger partial charge in [0.15, 0.2) is 0 Å². The second kappa shape index (κ2) is 7.29. The maximum Gasteiger partial charge on any atom is 0.253 e. The lowest BCUT2D eigenvalue weighted by atomic mass is 10.2. The van der Waals surface area contributed by atoms with Gasteiger partial charge in [0.1, 0.15) is 11.9 Å². The smallest absolute Gasteiger partial charge is 0.253 e. The number of carbonyl (C=O) groups excluding carboxylic acids is 1. The summed E-state index contributed by atoms with van der Waals surface area (Å²) in [6.07, 6.45) is 5.63. The van der Waals surface area contributed by atoms with Crippen molar-refractivity contribution in [3.05, 3.63) is 48.4 Å². The van der Waals surface area contributed by atoms with Crippen molar-refractivity contribution in [2.24, 2.45) is 0 Å². The Balaban J connectivity index is 1.58. The van der Waals surface area contributed by atoms with Gasteiger partial charge in [-0.2, -0.15) is 0 Å². The highest BCUT2D eigenvalue weighted by Crippen LogP contribution is 2.20. The number of benzene rings is 1. The van der Waals surface area contributed by atoms with Gasteiger partial charge in [0.05, 0.1) is 18.8 Å². The Morgan fingerprint density at radius 1 is 1.25 bits per heavy atom. The van der Waals surface area contributed by atoms with Gasteiger partial charge < -0.3 is 14.4 Å². The third kappa shape index (κ3) is 4.01. The van der Waals surface area contributed by atoms with E-state index < -0.39 is 0 Å². The number of rotatable bonds is 5. The zero-order valence-electron chi connectivity index (χ0n) is 13.9. The molecule has 0 aliphatic carbocycles. The van der Waals surface area contributed by atoms with E-state index >= 15 is 0 Å². The van der Waals surface area contributed by atoms with E-state index in [2.05, 4.69) is 9.97 Å². The molecule has 2 heterocycles. The van der Waals surface area contributed by atoms with E-state index in [1.54, 1.807) is 35.6 Å². The van der Waals surface area contributed by atoms with Crippen LogP contribution in [0.4, 0.5) is 0 Å². The van der Waals surface area contributed by atoms with Crippen LogP contribution in [0, 0.1) is 0 Å². The van der Waals surface area contributed by atoms with Gasteiger partial charge in [-0.1, -0.05) is 0 Å². The zero-order chi connectivity index (χ0) is 16.9. The number of likely N-dealkylation sites (tertiary alicyclic amines) is 1. The molecule has 6 heteroatoms. The van der Waals surface area contributed by atoms with Crippen LogP contribution in [0.1, 0.15) is 30.6 Å². The van der Waals surface area contributed by atoms with Crippen LogP contribution in [0.3, 0.4) is 0 Å². The fourth-order valence-corrected chi connectivity index (χ4v) is 2.66. The fourth-order valence-electron chi connectivity index (χ4n) is 2.66. The Kier molecular flexibility index (Phi) is 4.93. The van der Waals surface area contributed by atoms with Crippen molar-refractivity contribution < 1.29 is 14.3 Å². The van der Waals surface area contributed by atoms with E-state index in [9.17, 15) is 4.79 Å². The lowest BCUT2D eigenvalue weighted by Crippen LogP contribution is -2.31. The first kappa shape index (κ1) is 16.2. The van der Waals surface area contributed by atoms with E-state index in [1.807, 2.05) is 26.0 Å². The Hall–Kier alpha value is -2.63. The highest BCUT2D eigenvalue weighted by Gasteiger charge is 2.28. The number of aromatic nitrogens is 2. The van der Waals surface area contributed by atoms with Gasteiger partial charge in [0.25, 0.3) is 5.91 Å². The first-order chi connectivity index (χ1) is 11.6. The van der Waals surface area contributed by atoms with Gasteiger partial charge >= 0.3 is 0 Å². The fraction of sp³-hybridized carbons (Fsp3) is 0.389. The molecule has 1 atom stereocenters. The minimum Gasteiger partial charge on any atom is -0.491 e. The summed E-state index contributed by atoms with van der Waals surface area (Å²) in [5.74, 6) is 1.27. The summed E-state index contributed by atoms with van der Waals surface area (Å²) in [6.45, 7) is 5.18. The molecule has 1 fully saturated rings. The molecule has 1 saturated heterocycles. The Morgan fingerprint density at radius 2 is 2.04 bits per heavy atom. The Morgan fingerprint density at radius 3 is 2.71 bits per heavy atom. The molecule has 6 nitrogen and oxygen atoms in total. The molecule has 3 rings (SSSR count). The molecule has 1 aromatic heterocycles. The molecule has 0 N–H and O–H groups in total. The lowest BCUT2D eigenvalue weighted by Gasteiger charge is -2.17. The SMILES string of the molecule is CC(C)Oc1ccc(C(=O)N2CCC(Oc3cnccn3)C2)cc1. The molecule has 0 spiro atoms. The van der Waals surface area contributed by atoms with Crippen molar-refractivity contribution in [3.63, 3.8) is 0 Å². The van der Waals surface area contributed by atoms with E-state index in [0.29, 0.717) is 24.5 Å². The second-order valence-corrected chi connectivity index (χ2v) is 6.01. The highest BCUT2D eigenvalue weighted by molar-refractivity contribution is 5.94. The van der Waals surface area contributed by atoms with Gasteiger partial charge in [-0.15, -0.1) is 0 Å². The molecular weight excluding hydrogens is 306 g/mol. The quantitative estimate of drug-likeness (QED) is 0.844. The third-order valence-electron chi connectivity index (χ3n) is 3.73. The summed E-state index contributed by atoms with van der Waals surface area (Å²) in [7, 11) is 0. The van der Waals surface area contributed by atoms with Crippen LogP contribution in [-0.4, -0.2) is 46.1 Å². The zero-order valence-corrected chi connectivity index (χ0v) is 13.9. The normalized spacial score (nSPS) is 17.1. The Labute approximate surface area is 141 Å². The second-order valence-electron chi connectivity index (χ2n) is 6.01. The first-order valence-electron chi connectivity index (χ1n) is 8.10. The van der Waals surface area contributed by atoms with E-state index in [-0.39, 0.29) is 18.1 Å². The molecule has 2 aromatic rings. The van der Waals surface area contributed by atoms with Gasteiger partial charge in [0.2, 0.25) is 5.88 Å². The standard InChI is InChI=1S/C18H21N3O3/c1-13(2)23-15-5-3-14(4-6-15)18(22)21-10-7-16(12-21)24-17-11-19-8-9-20-17/h3-6,8-9,11,13,16H,7,10,12H2,1-2H3. The van der Waals surface area contributed by atoms with E-state index in [1.165, 1.54) is 0 Å². The van der Waals surface area contributed by atoms with Crippen molar-refractivity contribution >= 4 is 5.91 Å². The Bertz CT molecular complexity index is 674. The summed E-state index contributed by atoms with van der Waals surface area (Å²) in [4.78, 5) is 22.5. The van der Waals surface area contributed by atoms with E-state index in [0.717, 1.165) is 12.2 Å². The predicted molar refractivity (Wildman–Crippen MR) is 89.2 cm³/mol. The van der Waals surface area contributed by atoms with Crippen LogP contribution in [0.5, 0.6) is 11.6 Å². The number of amides is 1. The summed E-state index contributed by atoms with van der Waals surface area (Å²) in [5, 5.41) is 0. The van der Waals surface area contributed by atoms with Crippen molar-refractivity contribution in [3.8, 4) is 11.6 Å². The largest absolute Gasteiger partial charge is 0.491 e. The van der Waals surface area contributed by atoms with Crippen LogP contribution in [0.25, 0.3) is 0 Å². The molecule has 0 saturated carbocycles. The molecule has 0 bridgehead atoms. The van der Waals surface area contributed by atoms with Gasteiger partial charge in [0, 0.05) is 30.9 Å². The minimum atomic E-state index is -0.0470. The average Bonchev–Trinajstić information content (AvgIpc) is 3.04. The van der Waals surface area contributed by atoms with Crippen LogP contribution in [-0.2, 0) is 0 Å². The summed E-state index contributed by atoms with van der Waals surface area (Å²) in [5.41, 5.74) is 0.659. The molecule has 1 unspecified atom stereocenters. The van der Waals surface area contributed by atoms with Crippen LogP contribution >= 0.6 is 0 Å². The average molecular weight is 327 g/mol. The van der Waals surface area contributed by atoms with Crippen LogP contribution < -0.4 is 9.47 Å². The third-order valence-corrected chi connectivity index (χ3v) is 3.73. The van der Waals surface area contributed by atoms with Crippen molar-refractivity contribution in [2.75, 3.05) is 13.1 Å². The molecule has 0 radical (unpaired) electrons. The van der Waals surface area contributed by atoms with E-state index in [4.69, 9.17) is 9.47 Å². The number of hydrogen-bond donors (Lipinski definition) is 0. The molecule has 1 aromatic carbocycles. The topological polar surface area (TPSA) is 64.5 Å². The van der Waals surface area contributed by atoms with Crippen molar-refractivity contribution in [1.29, 1.82) is 0 Å². The predicted octanol–water partition coefficient (Wildman–Crippen LogP) is 2.56. The highest BCUT2D eigenvalue weighted by atomic mass is 16.5. The first-order valence-corrected chi connectivity index (χ1v) is 8.10. The monoisotopic (exact) mass is 327 g/mol. The molecule has 1 amide bonds. The van der Waals surface area contributed by atoms with Crippen molar-refractivity contribution in [1.82, 2.24) is 14.9 Å². The number of nitrogens with zero attached hydrogens (tertiary/aromatic N) is 3. The number of ether oxygens (including phenoxy) is 2. The van der Waals surface area contributed by atoms with Gasteiger partial charge in [-0.25, -0.2) is 4.98 Å². The summed E-state index contributed by atoms with van der Waals surface area (Å²) >= 11 is 0. The van der Waals surface area contributed by atoms with Crippen LogP contribution in [0.15, 0.2) is 42.9 Å². The molecule has 126 valence electrons. The number of hydrogen-bond acceptors (Lipinski definition) is 5. The molecular formula is C18H21N3O3. The van der Waals surface area contributed by atoms with Crippen molar-refractivity contribution in [2.45, 2.75) is 32.5 Å². The van der Waals surface area contributed by atoms with Gasteiger partial charge in [-0.05, 0) is 38.1 Å². The molecule has 24 heavy (non-hydrogen) atoms.